The van der Waals surface area contributed by atoms with Crippen LogP contribution in [0, 0.1) is 0 Å². The summed E-state index contributed by atoms with van der Waals surface area (Å²) in [6.07, 6.45) is -0.448. The van der Waals surface area contributed by atoms with E-state index in [1.54, 1.807) is 49.4 Å². The van der Waals surface area contributed by atoms with Crippen LogP contribution in [-0.2, 0) is 4.79 Å². The van der Waals surface area contributed by atoms with Crippen LogP contribution in [0.15, 0.2) is 42.5 Å². The minimum absolute atomic E-state index is 0.0341. The van der Waals surface area contributed by atoms with Crippen molar-refractivity contribution in [1.82, 2.24) is 5.32 Å². The summed E-state index contributed by atoms with van der Waals surface area (Å²) in [6, 6.07) is 12.1. The van der Waals surface area contributed by atoms with Gasteiger partial charge in [0.05, 0.1) is 12.2 Å². The Morgan fingerprint density at radius 3 is 2.56 bits per heavy atom. The second-order valence-electron chi connectivity index (χ2n) is 5.73. The van der Waals surface area contributed by atoms with Gasteiger partial charge in [-0.2, -0.15) is 0 Å². The number of carbonyl (C=O) groups is 2. The first-order valence-electron chi connectivity index (χ1n) is 8.78. The van der Waals surface area contributed by atoms with Crippen molar-refractivity contribution < 1.29 is 28.5 Å². The number of rotatable bonds is 7. The molecule has 0 aliphatic carbocycles. The largest absolute Gasteiger partial charge is 0.490 e. The van der Waals surface area contributed by atoms with Crippen molar-refractivity contribution in [3.8, 4) is 23.0 Å². The lowest BCUT2D eigenvalue weighted by molar-refractivity contribution is -0.134. The highest BCUT2D eigenvalue weighted by Crippen LogP contribution is 2.38. The predicted molar refractivity (Wildman–Crippen MR) is 97.4 cm³/mol. The van der Waals surface area contributed by atoms with Crippen LogP contribution < -0.4 is 24.3 Å². The highest BCUT2D eigenvalue weighted by atomic mass is 16.6. The number of amides is 1. The minimum atomic E-state index is -0.669. The summed E-state index contributed by atoms with van der Waals surface area (Å²) in [6.45, 7) is 3.99. The summed E-state index contributed by atoms with van der Waals surface area (Å²) in [5.41, 5.74) is 0.477. The lowest BCUT2D eigenvalue weighted by Gasteiger charge is -2.27. The van der Waals surface area contributed by atoms with Crippen LogP contribution >= 0.6 is 0 Å². The Labute approximate surface area is 157 Å². The Morgan fingerprint density at radius 1 is 1.07 bits per heavy atom. The molecule has 142 valence electrons. The fourth-order valence-corrected chi connectivity index (χ4v) is 2.57. The van der Waals surface area contributed by atoms with Crippen LogP contribution in [0.25, 0.3) is 0 Å². The zero-order chi connectivity index (χ0) is 19.2. The van der Waals surface area contributed by atoms with Crippen LogP contribution in [0.4, 0.5) is 0 Å². The zero-order valence-corrected chi connectivity index (χ0v) is 15.2. The van der Waals surface area contributed by atoms with E-state index < -0.39 is 12.2 Å². The predicted octanol–water partition coefficient (Wildman–Crippen LogP) is 2.93. The maximum atomic E-state index is 12.2. The number of fused-ring (bicyclic) bond motifs is 1. The van der Waals surface area contributed by atoms with E-state index in [4.69, 9.17) is 18.9 Å². The second kappa shape index (κ2) is 8.44. The van der Waals surface area contributed by atoms with Crippen LogP contribution in [0.1, 0.15) is 30.6 Å². The molecule has 0 fully saturated rings. The molecule has 0 saturated carbocycles. The van der Waals surface area contributed by atoms with Crippen molar-refractivity contribution in [2.24, 2.45) is 0 Å². The molecule has 0 radical (unpaired) electrons. The summed E-state index contributed by atoms with van der Waals surface area (Å²) in [7, 11) is 0. The monoisotopic (exact) mass is 371 g/mol. The zero-order valence-electron chi connectivity index (χ0n) is 15.2. The lowest BCUT2D eigenvalue weighted by atomic mass is 10.1. The second-order valence-corrected chi connectivity index (χ2v) is 5.73. The third-order valence-electron chi connectivity index (χ3n) is 3.83. The normalized spacial score (nSPS) is 15.2. The smallest absolute Gasteiger partial charge is 0.311 e. The van der Waals surface area contributed by atoms with E-state index in [0.717, 1.165) is 0 Å². The van der Waals surface area contributed by atoms with Crippen molar-refractivity contribution >= 4 is 11.9 Å². The number of ether oxygens (including phenoxy) is 4. The third-order valence-corrected chi connectivity index (χ3v) is 3.83. The van der Waals surface area contributed by atoms with Crippen molar-refractivity contribution in [3.63, 3.8) is 0 Å². The van der Waals surface area contributed by atoms with Gasteiger partial charge in [0.15, 0.2) is 11.5 Å². The average molecular weight is 371 g/mol. The molecule has 7 heteroatoms. The molecule has 27 heavy (non-hydrogen) atoms. The van der Waals surface area contributed by atoms with E-state index >= 15 is 0 Å². The highest BCUT2D eigenvalue weighted by Gasteiger charge is 2.26. The number of nitrogens with one attached hydrogen (secondary N) is 1. The quantitative estimate of drug-likeness (QED) is 0.595. The first-order chi connectivity index (χ1) is 13.1. The maximum Gasteiger partial charge on any atom is 0.311 e. The number of hydrogen-bond donors (Lipinski definition) is 1. The van der Waals surface area contributed by atoms with E-state index in [9.17, 15) is 9.59 Å². The number of carbonyl (C=O) groups excluding carboxylic acids is 2. The molecule has 1 N–H and O–H groups in total. The van der Waals surface area contributed by atoms with Gasteiger partial charge in [-0.15, -0.1) is 0 Å². The summed E-state index contributed by atoms with van der Waals surface area (Å²) < 4.78 is 22.4. The number of esters is 1. The number of benzene rings is 2. The topological polar surface area (TPSA) is 83.1 Å². The van der Waals surface area contributed by atoms with Gasteiger partial charge < -0.3 is 24.3 Å². The molecule has 0 saturated heterocycles. The fraction of sp³-hybridized carbons (Fsp3) is 0.300. The summed E-state index contributed by atoms with van der Waals surface area (Å²) >= 11 is 0. The summed E-state index contributed by atoms with van der Waals surface area (Å²) in [5.74, 6) is 0.828. The van der Waals surface area contributed by atoms with Gasteiger partial charge in [-0.1, -0.05) is 25.1 Å². The van der Waals surface area contributed by atoms with E-state index in [2.05, 4.69) is 5.32 Å². The lowest BCUT2D eigenvalue weighted by Crippen LogP contribution is -2.46. The van der Waals surface area contributed by atoms with Gasteiger partial charge in [0.2, 0.25) is 12.0 Å². The van der Waals surface area contributed by atoms with Crippen molar-refractivity contribution in [1.29, 1.82) is 0 Å². The maximum absolute atomic E-state index is 12.2. The molecule has 1 amide bonds. The van der Waals surface area contributed by atoms with E-state index in [-0.39, 0.29) is 24.7 Å². The molecule has 0 bridgehead atoms. The third kappa shape index (κ3) is 4.31. The molecule has 0 aromatic heterocycles. The van der Waals surface area contributed by atoms with Gasteiger partial charge in [0.1, 0.15) is 12.4 Å². The van der Waals surface area contributed by atoms with Gasteiger partial charge >= 0.3 is 5.97 Å². The number of para-hydroxylation sites is 2. The molecule has 2 aromatic carbocycles. The Morgan fingerprint density at radius 2 is 1.81 bits per heavy atom. The van der Waals surface area contributed by atoms with Gasteiger partial charge in [0.25, 0.3) is 5.91 Å². The SMILES string of the molecule is CCOc1cccc(OCC2NC(=O)c3ccccc3O2)c1OC(=O)CC. The average Bonchev–Trinajstić information content (AvgIpc) is 2.68. The fourth-order valence-electron chi connectivity index (χ4n) is 2.57. The van der Waals surface area contributed by atoms with Gasteiger partial charge in [-0.25, -0.2) is 0 Å². The molecule has 1 unspecified atom stereocenters. The van der Waals surface area contributed by atoms with Crippen LogP contribution in [-0.4, -0.2) is 31.3 Å². The highest BCUT2D eigenvalue weighted by molar-refractivity contribution is 5.97. The Bertz CT molecular complexity index is 835. The summed E-state index contributed by atoms with van der Waals surface area (Å²) in [4.78, 5) is 23.9. The molecule has 1 aliphatic heterocycles. The van der Waals surface area contributed by atoms with Crippen LogP contribution in [0.5, 0.6) is 23.0 Å². The standard InChI is InChI=1S/C20H21NO6/c1-3-18(22)27-19-15(24-4-2)10-7-11-16(19)25-12-17-21-20(23)13-8-5-6-9-14(13)26-17/h5-11,17H,3-4,12H2,1-2H3,(H,21,23). The molecule has 1 aliphatic rings. The van der Waals surface area contributed by atoms with E-state index in [0.29, 0.717) is 29.4 Å². The Hall–Kier alpha value is -3.22. The summed E-state index contributed by atoms with van der Waals surface area (Å²) in [5, 5.41) is 2.73. The first kappa shape index (κ1) is 18.6. The number of hydrogen-bond acceptors (Lipinski definition) is 6. The van der Waals surface area contributed by atoms with Gasteiger partial charge in [0, 0.05) is 6.42 Å². The van der Waals surface area contributed by atoms with Crippen molar-refractivity contribution in [3.05, 3.63) is 48.0 Å². The minimum Gasteiger partial charge on any atom is -0.490 e. The molecule has 0 spiro atoms. The first-order valence-corrected chi connectivity index (χ1v) is 8.78. The van der Waals surface area contributed by atoms with Gasteiger partial charge in [-0.05, 0) is 31.2 Å². The molecule has 1 atom stereocenters. The molecular weight excluding hydrogens is 350 g/mol. The molecular formula is C20H21NO6. The molecule has 3 rings (SSSR count). The Kier molecular flexibility index (Phi) is 5.80. The molecule has 7 nitrogen and oxygen atoms in total. The van der Waals surface area contributed by atoms with E-state index in [1.807, 2.05) is 6.92 Å². The van der Waals surface area contributed by atoms with Crippen LogP contribution in [0.2, 0.25) is 0 Å². The molecule has 1 heterocycles. The van der Waals surface area contributed by atoms with Gasteiger partial charge in [-0.3, -0.25) is 9.59 Å². The van der Waals surface area contributed by atoms with Crippen molar-refractivity contribution in [2.45, 2.75) is 26.5 Å². The van der Waals surface area contributed by atoms with E-state index in [1.165, 1.54) is 0 Å². The molecule has 2 aromatic rings. The van der Waals surface area contributed by atoms with Crippen LogP contribution in [0.3, 0.4) is 0 Å². The Balaban J connectivity index is 1.75. The van der Waals surface area contributed by atoms with Crippen molar-refractivity contribution in [2.75, 3.05) is 13.2 Å².